The van der Waals surface area contributed by atoms with Gasteiger partial charge in [-0.05, 0) is 38.8 Å². The minimum Gasteiger partial charge on any atom is -0.381 e. The van der Waals surface area contributed by atoms with Gasteiger partial charge in [0, 0.05) is 13.2 Å². The van der Waals surface area contributed by atoms with Crippen molar-refractivity contribution in [2.45, 2.75) is 57.8 Å². The highest BCUT2D eigenvalue weighted by atomic mass is 16.5. The van der Waals surface area contributed by atoms with Gasteiger partial charge in [-0.2, -0.15) is 0 Å². The molecule has 0 aliphatic carbocycles. The minimum atomic E-state index is 1.00. The Balaban J connectivity index is 0.000000151. The molecule has 0 radical (unpaired) electrons. The molecule has 2 heteroatoms. The Morgan fingerprint density at radius 2 is 1.00 bits per heavy atom. The van der Waals surface area contributed by atoms with Gasteiger partial charge in [0.2, 0.25) is 0 Å². The maximum absolute atomic E-state index is 5.19. The van der Waals surface area contributed by atoms with E-state index < -0.39 is 0 Å². The van der Waals surface area contributed by atoms with Crippen LogP contribution in [0.5, 0.6) is 0 Å². The summed E-state index contributed by atoms with van der Waals surface area (Å²) in [5.41, 5.74) is 0. The van der Waals surface area contributed by atoms with E-state index in [-0.39, 0.29) is 0 Å². The first kappa shape index (κ1) is 13.0. The molecule has 0 spiro atoms. The predicted octanol–water partition coefficient (Wildman–Crippen LogP) is 3.12. The van der Waals surface area contributed by atoms with Crippen molar-refractivity contribution in [3.05, 3.63) is 0 Å². The Kier molecular flexibility index (Phi) is 9.04. The molecule has 0 atom stereocenters. The zero-order valence-corrected chi connectivity index (χ0v) is 10.1. The number of rotatable bonds is 0. The van der Waals surface area contributed by atoms with Crippen molar-refractivity contribution in [1.82, 2.24) is 5.32 Å². The van der Waals surface area contributed by atoms with E-state index in [2.05, 4.69) is 5.32 Å². The average molecular weight is 213 g/mol. The van der Waals surface area contributed by atoms with Crippen LogP contribution >= 0.6 is 0 Å². The third-order valence-electron chi connectivity index (χ3n) is 3.03. The van der Waals surface area contributed by atoms with Gasteiger partial charge in [-0.15, -0.1) is 0 Å². The molecule has 2 nitrogen and oxygen atoms in total. The zero-order chi connectivity index (χ0) is 10.6. The lowest BCUT2D eigenvalue weighted by Crippen LogP contribution is -2.18. The van der Waals surface area contributed by atoms with Crippen LogP contribution in [0.1, 0.15) is 57.8 Å². The van der Waals surface area contributed by atoms with Crippen molar-refractivity contribution in [2.24, 2.45) is 0 Å². The third kappa shape index (κ3) is 8.88. The molecular formula is C13H27NO. The Labute approximate surface area is 94.8 Å². The lowest BCUT2D eigenvalue weighted by molar-refractivity contribution is 0.144. The molecule has 2 saturated heterocycles. The highest BCUT2D eigenvalue weighted by Gasteiger charge is 1.95. The fourth-order valence-electron chi connectivity index (χ4n) is 2.02. The fraction of sp³-hybridized carbons (Fsp3) is 1.00. The smallest absolute Gasteiger partial charge is 0.0466 e. The van der Waals surface area contributed by atoms with E-state index >= 15 is 0 Å². The maximum atomic E-state index is 5.19. The number of ether oxygens (including phenoxy) is 1. The molecule has 90 valence electrons. The summed E-state index contributed by atoms with van der Waals surface area (Å²) in [5.74, 6) is 0. The number of hydrogen-bond acceptors (Lipinski definition) is 2. The van der Waals surface area contributed by atoms with E-state index in [1.54, 1.807) is 0 Å². The van der Waals surface area contributed by atoms with Gasteiger partial charge in [-0.1, -0.05) is 32.1 Å². The molecule has 0 aromatic carbocycles. The molecule has 0 saturated carbocycles. The van der Waals surface area contributed by atoms with Crippen molar-refractivity contribution >= 4 is 0 Å². The lowest BCUT2D eigenvalue weighted by atomic mass is 10.1. The van der Waals surface area contributed by atoms with Crippen molar-refractivity contribution in [2.75, 3.05) is 26.3 Å². The largest absolute Gasteiger partial charge is 0.381 e. The van der Waals surface area contributed by atoms with Crippen LogP contribution in [0.25, 0.3) is 0 Å². The maximum Gasteiger partial charge on any atom is 0.0466 e. The van der Waals surface area contributed by atoms with E-state index in [0.717, 1.165) is 13.2 Å². The lowest BCUT2D eigenvalue weighted by Gasteiger charge is -2.08. The van der Waals surface area contributed by atoms with Crippen LogP contribution in [0, 0.1) is 0 Å². The highest BCUT2D eigenvalue weighted by molar-refractivity contribution is 4.54. The second-order valence-electron chi connectivity index (χ2n) is 4.54. The van der Waals surface area contributed by atoms with E-state index in [0.29, 0.717) is 0 Å². The first-order valence-electron chi connectivity index (χ1n) is 6.78. The molecule has 0 aromatic heterocycles. The van der Waals surface area contributed by atoms with Crippen molar-refractivity contribution in [3.63, 3.8) is 0 Å². The Morgan fingerprint density at radius 3 is 1.60 bits per heavy atom. The molecule has 0 amide bonds. The van der Waals surface area contributed by atoms with Crippen LogP contribution in [0.2, 0.25) is 0 Å². The molecule has 2 fully saturated rings. The molecule has 0 bridgehead atoms. The standard InChI is InChI=1S/C7H15N.C6H12O/c1-2-4-6-8-7-5-3-1;1-2-4-6-7-5-3-1/h8H,1-7H2;1-6H2. The van der Waals surface area contributed by atoms with Gasteiger partial charge in [0.05, 0.1) is 0 Å². The van der Waals surface area contributed by atoms with Gasteiger partial charge in [0.1, 0.15) is 0 Å². The van der Waals surface area contributed by atoms with Gasteiger partial charge in [-0.3, -0.25) is 0 Å². The number of nitrogens with one attached hydrogen (secondary N) is 1. The molecular weight excluding hydrogens is 186 g/mol. The molecule has 0 aromatic rings. The monoisotopic (exact) mass is 213 g/mol. The molecule has 2 rings (SSSR count). The summed E-state index contributed by atoms with van der Waals surface area (Å²) < 4.78 is 5.19. The first-order chi connectivity index (χ1) is 7.50. The molecule has 0 unspecified atom stereocenters. The molecule has 15 heavy (non-hydrogen) atoms. The molecule has 2 aliphatic heterocycles. The summed E-state index contributed by atoms with van der Waals surface area (Å²) in [6.45, 7) is 4.50. The van der Waals surface area contributed by atoms with Crippen LogP contribution < -0.4 is 5.32 Å². The summed E-state index contributed by atoms with van der Waals surface area (Å²) in [6.07, 6.45) is 12.4. The summed E-state index contributed by atoms with van der Waals surface area (Å²) >= 11 is 0. The summed E-state index contributed by atoms with van der Waals surface area (Å²) in [6, 6.07) is 0. The van der Waals surface area contributed by atoms with Crippen LogP contribution in [0.15, 0.2) is 0 Å². The van der Waals surface area contributed by atoms with Crippen LogP contribution in [0.3, 0.4) is 0 Å². The van der Waals surface area contributed by atoms with Crippen molar-refractivity contribution in [3.8, 4) is 0 Å². The van der Waals surface area contributed by atoms with Gasteiger partial charge >= 0.3 is 0 Å². The molecule has 2 heterocycles. The predicted molar refractivity (Wildman–Crippen MR) is 65.2 cm³/mol. The van der Waals surface area contributed by atoms with E-state index in [9.17, 15) is 0 Å². The van der Waals surface area contributed by atoms with Crippen LogP contribution in [0.4, 0.5) is 0 Å². The Bertz CT molecular complexity index is 84.1. The number of hydrogen-bond donors (Lipinski definition) is 1. The molecule has 2 aliphatic rings. The van der Waals surface area contributed by atoms with E-state index in [1.165, 1.54) is 70.9 Å². The van der Waals surface area contributed by atoms with Crippen molar-refractivity contribution in [1.29, 1.82) is 0 Å². The Morgan fingerprint density at radius 1 is 0.533 bits per heavy atom. The van der Waals surface area contributed by atoms with Gasteiger partial charge in [-0.25, -0.2) is 0 Å². The van der Waals surface area contributed by atoms with Gasteiger partial charge < -0.3 is 10.1 Å². The van der Waals surface area contributed by atoms with Crippen LogP contribution in [-0.4, -0.2) is 26.3 Å². The summed E-state index contributed by atoms with van der Waals surface area (Å²) in [4.78, 5) is 0. The fourth-order valence-corrected chi connectivity index (χ4v) is 2.02. The summed E-state index contributed by atoms with van der Waals surface area (Å²) in [5, 5.41) is 3.39. The second kappa shape index (κ2) is 10.4. The third-order valence-corrected chi connectivity index (χ3v) is 3.03. The first-order valence-corrected chi connectivity index (χ1v) is 6.78. The van der Waals surface area contributed by atoms with Gasteiger partial charge in [0.25, 0.3) is 0 Å². The normalized spacial score (nSPS) is 24.0. The molecule has 1 N–H and O–H groups in total. The topological polar surface area (TPSA) is 21.3 Å². The highest BCUT2D eigenvalue weighted by Crippen LogP contribution is 2.05. The summed E-state index contributed by atoms with van der Waals surface area (Å²) in [7, 11) is 0. The van der Waals surface area contributed by atoms with Gasteiger partial charge in [0.15, 0.2) is 0 Å². The van der Waals surface area contributed by atoms with E-state index in [1.807, 2.05) is 0 Å². The quantitative estimate of drug-likeness (QED) is 0.667. The van der Waals surface area contributed by atoms with E-state index in [4.69, 9.17) is 4.74 Å². The second-order valence-corrected chi connectivity index (χ2v) is 4.54. The zero-order valence-electron chi connectivity index (χ0n) is 10.1. The Hall–Kier alpha value is -0.0800. The minimum absolute atomic E-state index is 1.00. The average Bonchev–Trinajstić information content (AvgIpc) is 2.48. The van der Waals surface area contributed by atoms with Crippen LogP contribution in [-0.2, 0) is 4.74 Å². The SMILES string of the molecule is C1CCCNCCC1.C1CCCOCC1. The van der Waals surface area contributed by atoms with Crippen molar-refractivity contribution < 1.29 is 4.74 Å².